The number of rotatable bonds is 3. The molecule has 10 heavy (non-hydrogen) atoms. The predicted octanol–water partition coefficient (Wildman–Crippen LogP) is 2.24. The van der Waals surface area contributed by atoms with Crippen LogP contribution in [0.3, 0.4) is 0 Å². The Hall–Kier alpha value is 0.177. The molecule has 0 bridgehead atoms. The molecule has 1 aliphatic rings. The standard InChI is InChI=1S/C8H18OSi/c1-10(2,3)8(4-5-8)6-7-9/h9H,4-7H2,1-3H3. The topological polar surface area (TPSA) is 20.2 Å². The molecule has 60 valence electrons. The van der Waals surface area contributed by atoms with Gasteiger partial charge in [-0.1, -0.05) is 19.6 Å². The van der Waals surface area contributed by atoms with Gasteiger partial charge in [0, 0.05) is 6.61 Å². The fourth-order valence-corrected chi connectivity index (χ4v) is 4.23. The van der Waals surface area contributed by atoms with Gasteiger partial charge in [0.2, 0.25) is 0 Å². The van der Waals surface area contributed by atoms with Crippen molar-refractivity contribution in [1.29, 1.82) is 0 Å². The fourth-order valence-electron chi connectivity index (χ4n) is 1.74. The molecule has 0 aromatic rings. The first-order valence-electron chi connectivity index (χ1n) is 4.13. The summed E-state index contributed by atoms with van der Waals surface area (Å²) in [6.07, 6.45) is 3.81. The lowest BCUT2D eigenvalue weighted by molar-refractivity contribution is 0.281. The van der Waals surface area contributed by atoms with Crippen LogP contribution in [-0.2, 0) is 0 Å². The molecule has 1 aliphatic carbocycles. The van der Waals surface area contributed by atoms with Crippen molar-refractivity contribution in [1.82, 2.24) is 0 Å². The van der Waals surface area contributed by atoms with Crippen molar-refractivity contribution in [2.75, 3.05) is 6.61 Å². The quantitative estimate of drug-likeness (QED) is 0.625. The Kier molecular flexibility index (Phi) is 1.94. The molecule has 0 unspecified atom stereocenters. The number of hydrogen-bond donors (Lipinski definition) is 1. The highest BCUT2D eigenvalue weighted by molar-refractivity contribution is 6.80. The van der Waals surface area contributed by atoms with E-state index in [2.05, 4.69) is 19.6 Å². The monoisotopic (exact) mass is 158 g/mol. The second-order valence-electron chi connectivity index (χ2n) is 4.50. The third-order valence-corrected chi connectivity index (χ3v) is 6.97. The smallest absolute Gasteiger partial charge is 0.0506 e. The average Bonchev–Trinajstić information content (AvgIpc) is 2.45. The highest BCUT2D eigenvalue weighted by Gasteiger charge is 2.51. The van der Waals surface area contributed by atoms with Gasteiger partial charge in [0.25, 0.3) is 0 Å². The third kappa shape index (κ3) is 1.27. The van der Waals surface area contributed by atoms with Crippen molar-refractivity contribution in [3.05, 3.63) is 0 Å². The van der Waals surface area contributed by atoms with Crippen molar-refractivity contribution in [2.45, 2.75) is 43.9 Å². The second kappa shape index (κ2) is 2.34. The van der Waals surface area contributed by atoms with Crippen molar-refractivity contribution in [3.8, 4) is 0 Å². The molecule has 0 aliphatic heterocycles. The van der Waals surface area contributed by atoms with Gasteiger partial charge in [0.1, 0.15) is 0 Å². The highest BCUT2D eigenvalue weighted by Crippen LogP contribution is 2.62. The molecule has 2 heteroatoms. The Morgan fingerprint density at radius 3 is 1.90 bits per heavy atom. The normalized spacial score (nSPS) is 22.8. The van der Waals surface area contributed by atoms with E-state index in [1.165, 1.54) is 12.8 Å². The van der Waals surface area contributed by atoms with Crippen LogP contribution in [-0.4, -0.2) is 19.8 Å². The summed E-state index contributed by atoms with van der Waals surface area (Å²) in [4.78, 5) is 0. The van der Waals surface area contributed by atoms with Gasteiger partial charge in [-0.15, -0.1) is 0 Å². The summed E-state index contributed by atoms with van der Waals surface area (Å²) in [6.45, 7) is 7.63. The molecule has 1 fully saturated rings. The van der Waals surface area contributed by atoms with Gasteiger partial charge in [-0.05, 0) is 24.3 Å². The molecular formula is C8H18OSi. The first-order chi connectivity index (χ1) is 4.52. The zero-order chi connectivity index (χ0) is 7.83. The summed E-state index contributed by atoms with van der Waals surface area (Å²) in [6, 6.07) is 0. The first kappa shape index (κ1) is 8.28. The van der Waals surface area contributed by atoms with Crippen molar-refractivity contribution >= 4 is 8.07 Å². The maximum Gasteiger partial charge on any atom is 0.0506 e. The van der Waals surface area contributed by atoms with Crippen LogP contribution in [0.1, 0.15) is 19.3 Å². The molecule has 1 rings (SSSR count). The Bertz CT molecular complexity index is 122. The number of hydrogen-bond acceptors (Lipinski definition) is 1. The SMILES string of the molecule is C[Si](C)(C)C1(CCO)CC1. The van der Waals surface area contributed by atoms with Gasteiger partial charge in [-0.25, -0.2) is 0 Å². The summed E-state index contributed by atoms with van der Waals surface area (Å²) < 4.78 is 0. The van der Waals surface area contributed by atoms with Crippen LogP contribution in [0.15, 0.2) is 0 Å². The maximum atomic E-state index is 8.83. The number of aliphatic hydroxyl groups is 1. The van der Waals surface area contributed by atoms with Crippen LogP contribution in [0.5, 0.6) is 0 Å². The van der Waals surface area contributed by atoms with E-state index < -0.39 is 8.07 Å². The van der Waals surface area contributed by atoms with Crippen molar-refractivity contribution < 1.29 is 5.11 Å². The zero-order valence-electron chi connectivity index (χ0n) is 7.28. The summed E-state index contributed by atoms with van der Waals surface area (Å²) in [7, 11) is -0.955. The van der Waals surface area contributed by atoms with Crippen LogP contribution < -0.4 is 0 Å². The first-order valence-corrected chi connectivity index (χ1v) is 7.63. The van der Waals surface area contributed by atoms with Crippen LogP contribution in [0.4, 0.5) is 0 Å². The molecule has 0 amide bonds. The van der Waals surface area contributed by atoms with E-state index in [1.54, 1.807) is 0 Å². The molecular weight excluding hydrogens is 140 g/mol. The largest absolute Gasteiger partial charge is 0.396 e. The number of aliphatic hydroxyl groups excluding tert-OH is 1. The van der Waals surface area contributed by atoms with Gasteiger partial charge in [-0.2, -0.15) is 0 Å². The molecule has 1 N–H and O–H groups in total. The minimum absolute atomic E-state index is 0.393. The Morgan fingerprint density at radius 2 is 1.80 bits per heavy atom. The molecule has 0 spiro atoms. The van der Waals surface area contributed by atoms with Gasteiger partial charge < -0.3 is 5.11 Å². The van der Waals surface area contributed by atoms with E-state index in [1.807, 2.05) is 0 Å². The van der Waals surface area contributed by atoms with Crippen molar-refractivity contribution in [3.63, 3.8) is 0 Å². The van der Waals surface area contributed by atoms with Crippen molar-refractivity contribution in [2.24, 2.45) is 0 Å². The fraction of sp³-hybridized carbons (Fsp3) is 1.00. The lowest BCUT2D eigenvalue weighted by atomic mass is 10.3. The molecule has 0 heterocycles. The van der Waals surface area contributed by atoms with E-state index in [4.69, 9.17) is 5.11 Å². The minimum atomic E-state index is -0.955. The van der Waals surface area contributed by atoms with E-state index >= 15 is 0 Å². The van der Waals surface area contributed by atoms with Crippen LogP contribution in [0.25, 0.3) is 0 Å². The van der Waals surface area contributed by atoms with E-state index in [0.29, 0.717) is 11.6 Å². The van der Waals surface area contributed by atoms with Crippen LogP contribution in [0, 0.1) is 0 Å². The second-order valence-corrected chi connectivity index (χ2v) is 10.1. The summed E-state index contributed by atoms with van der Waals surface area (Å²) in [5.74, 6) is 0. The Balaban J connectivity index is 2.52. The zero-order valence-corrected chi connectivity index (χ0v) is 8.28. The van der Waals surface area contributed by atoms with E-state index in [0.717, 1.165) is 6.42 Å². The molecule has 1 nitrogen and oxygen atoms in total. The molecule has 0 aromatic carbocycles. The summed E-state index contributed by atoms with van der Waals surface area (Å²) in [5.41, 5.74) is 0. The summed E-state index contributed by atoms with van der Waals surface area (Å²) >= 11 is 0. The third-order valence-electron chi connectivity index (χ3n) is 3.03. The van der Waals surface area contributed by atoms with Gasteiger partial charge in [-0.3, -0.25) is 0 Å². The lowest BCUT2D eigenvalue weighted by Crippen LogP contribution is -2.30. The molecule has 0 saturated heterocycles. The van der Waals surface area contributed by atoms with Gasteiger partial charge in [0.05, 0.1) is 8.07 Å². The Labute approximate surface area is 64.5 Å². The average molecular weight is 158 g/mol. The maximum absolute atomic E-state index is 8.83. The van der Waals surface area contributed by atoms with Gasteiger partial charge >= 0.3 is 0 Å². The molecule has 1 saturated carbocycles. The molecule has 0 atom stereocenters. The minimum Gasteiger partial charge on any atom is -0.396 e. The Morgan fingerprint density at radius 1 is 1.30 bits per heavy atom. The molecule has 0 aromatic heterocycles. The highest BCUT2D eigenvalue weighted by atomic mass is 28.3. The summed E-state index contributed by atoms with van der Waals surface area (Å²) in [5, 5.41) is 9.45. The van der Waals surface area contributed by atoms with Crippen LogP contribution in [0.2, 0.25) is 24.7 Å². The molecule has 0 radical (unpaired) electrons. The lowest BCUT2D eigenvalue weighted by Gasteiger charge is -2.28. The predicted molar refractivity (Wildman–Crippen MR) is 47.0 cm³/mol. The van der Waals surface area contributed by atoms with Crippen LogP contribution >= 0.6 is 0 Å². The van der Waals surface area contributed by atoms with Gasteiger partial charge in [0.15, 0.2) is 0 Å². The van der Waals surface area contributed by atoms with E-state index in [-0.39, 0.29) is 0 Å². The van der Waals surface area contributed by atoms with E-state index in [9.17, 15) is 0 Å².